The van der Waals surface area contributed by atoms with Gasteiger partial charge in [-0.1, -0.05) is 76.1 Å². The highest BCUT2D eigenvalue weighted by Gasteiger charge is 2.28. The summed E-state index contributed by atoms with van der Waals surface area (Å²) in [5, 5.41) is 1.30. The molecule has 2 rings (SSSR count). The summed E-state index contributed by atoms with van der Waals surface area (Å²) in [5.74, 6) is -0.132. The standard InChI is InChI=1S/C26H35ClO6/c1-5-7-9-11-16-30-25-23(32-18(3)28)20-14-13-15-21(27)22(20)24(33-19(4)29)26(25)31-17-12-10-8-6-2/h13-15H,5-12,16-17H2,1-4H3. The fourth-order valence-electron chi connectivity index (χ4n) is 3.54. The van der Waals surface area contributed by atoms with Gasteiger partial charge in [-0.05, 0) is 18.9 Å². The zero-order valence-electron chi connectivity index (χ0n) is 20.1. The lowest BCUT2D eigenvalue weighted by molar-refractivity contribution is -0.133. The number of fused-ring (bicyclic) bond motifs is 1. The molecule has 0 aromatic heterocycles. The molecule has 0 amide bonds. The minimum atomic E-state index is -0.513. The Morgan fingerprint density at radius 3 is 1.76 bits per heavy atom. The quantitative estimate of drug-likeness (QED) is 0.161. The first kappa shape index (κ1) is 26.8. The molecule has 2 aromatic rings. The maximum atomic E-state index is 12.0. The van der Waals surface area contributed by atoms with Crippen molar-refractivity contribution in [2.45, 2.75) is 79.1 Å². The van der Waals surface area contributed by atoms with Gasteiger partial charge in [0.15, 0.2) is 11.5 Å². The number of ether oxygens (including phenoxy) is 4. The lowest BCUT2D eigenvalue weighted by atomic mass is 10.1. The third kappa shape index (κ3) is 7.81. The Balaban J connectivity index is 2.62. The molecule has 0 saturated heterocycles. The molecular formula is C26H35ClO6. The van der Waals surface area contributed by atoms with Crippen LogP contribution in [0.3, 0.4) is 0 Å². The highest BCUT2D eigenvalue weighted by atomic mass is 35.5. The van der Waals surface area contributed by atoms with Crippen molar-refractivity contribution in [1.82, 2.24) is 0 Å². The number of esters is 2. The summed E-state index contributed by atoms with van der Waals surface area (Å²) in [4.78, 5) is 24.0. The van der Waals surface area contributed by atoms with Gasteiger partial charge in [-0.3, -0.25) is 9.59 Å². The molecule has 0 saturated carbocycles. The summed E-state index contributed by atoms with van der Waals surface area (Å²) >= 11 is 6.51. The van der Waals surface area contributed by atoms with Gasteiger partial charge in [0.2, 0.25) is 11.5 Å². The Morgan fingerprint density at radius 1 is 0.727 bits per heavy atom. The van der Waals surface area contributed by atoms with Gasteiger partial charge in [-0.2, -0.15) is 0 Å². The number of unbranched alkanes of at least 4 members (excludes halogenated alkanes) is 6. The molecule has 0 bridgehead atoms. The number of carbonyl (C=O) groups is 2. The summed E-state index contributed by atoms with van der Waals surface area (Å²) in [7, 11) is 0. The van der Waals surface area contributed by atoms with E-state index in [9.17, 15) is 9.59 Å². The molecule has 0 atom stereocenters. The van der Waals surface area contributed by atoms with Crippen LogP contribution in [0.2, 0.25) is 5.02 Å². The number of hydrogen-bond donors (Lipinski definition) is 0. The van der Waals surface area contributed by atoms with E-state index in [2.05, 4.69) is 13.8 Å². The van der Waals surface area contributed by atoms with Crippen LogP contribution < -0.4 is 18.9 Å². The van der Waals surface area contributed by atoms with Crippen molar-refractivity contribution in [3.05, 3.63) is 23.2 Å². The van der Waals surface area contributed by atoms with Crippen molar-refractivity contribution in [1.29, 1.82) is 0 Å². The van der Waals surface area contributed by atoms with Gasteiger partial charge < -0.3 is 18.9 Å². The highest BCUT2D eigenvalue weighted by molar-refractivity contribution is 6.36. The molecule has 0 aliphatic heterocycles. The molecule has 0 radical (unpaired) electrons. The number of halogens is 1. The average molecular weight is 479 g/mol. The van der Waals surface area contributed by atoms with E-state index >= 15 is 0 Å². The van der Waals surface area contributed by atoms with Crippen LogP contribution in [0.4, 0.5) is 0 Å². The Morgan fingerprint density at radius 2 is 1.24 bits per heavy atom. The molecule has 0 aliphatic carbocycles. The van der Waals surface area contributed by atoms with Crippen LogP contribution in [-0.4, -0.2) is 25.2 Å². The van der Waals surface area contributed by atoms with Crippen molar-refractivity contribution < 1.29 is 28.5 Å². The van der Waals surface area contributed by atoms with E-state index in [4.69, 9.17) is 30.5 Å². The largest absolute Gasteiger partial charge is 0.486 e. The summed E-state index contributed by atoms with van der Waals surface area (Å²) < 4.78 is 23.4. The molecule has 2 aromatic carbocycles. The van der Waals surface area contributed by atoms with Crippen LogP contribution in [0.15, 0.2) is 18.2 Å². The van der Waals surface area contributed by atoms with Crippen molar-refractivity contribution in [3.8, 4) is 23.0 Å². The molecule has 0 N–H and O–H groups in total. The van der Waals surface area contributed by atoms with E-state index in [0.29, 0.717) is 29.0 Å². The Labute approximate surface area is 201 Å². The van der Waals surface area contributed by atoms with Crippen molar-refractivity contribution in [2.75, 3.05) is 13.2 Å². The molecule has 33 heavy (non-hydrogen) atoms. The summed E-state index contributed by atoms with van der Waals surface area (Å²) in [6.45, 7) is 7.73. The minimum Gasteiger partial charge on any atom is -0.486 e. The van der Waals surface area contributed by atoms with E-state index in [1.54, 1.807) is 18.2 Å². The second-order valence-electron chi connectivity index (χ2n) is 7.98. The highest BCUT2D eigenvalue weighted by Crippen LogP contribution is 2.53. The predicted octanol–water partition coefficient (Wildman–Crippen LogP) is 7.26. The molecule has 0 aliphatic rings. The van der Waals surface area contributed by atoms with E-state index in [0.717, 1.165) is 51.4 Å². The number of hydrogen-bond acceptors (Lipinski definition) is 6. The van der Waals surface area contributed by atoms with Crippen LogP contribution >= 0.6 is 11.6 Å². The summed E-state index contributed by atoms with van der Waals surface area (Å²) in [6, 6.07) is 5.18. The van der Waals surface area contributed by atoms with Crippen LogP contribution in [0.5, 0.6) is 23.0 Å². The lowest BCUT2D eigenvalue weighted by Crippen LogP contribution is -2.11. The Hall–Kier alpha value is -2.47. The first-order chi connectivity index (χ1) is 15.9. The molecule has 0 fully saturated rings. The monoisotopic (exact) mass is 478 g/mol. The molecule has 7 heteroatoms. The van der Waals surface area contributed by atoms with Gasteiger partial charge in [-0.15, -0.1) is 0 Å². The van der Waals surface area contributed by atoms with Gasteiger partial charge in [0.25, 0.3) is 0 Å². The normalized spacial score (nSPS) is 10.8. The van der Waals surface area contributed by atoms with Crippen molar-refractivity contribution in [2.24, 2.45) is 0 Å². The minimum absolute atomic E-state index is 0.179. The molecule has 0 spiro atoms. The lowest BCUT2D eigenvalue weighted by Gasteiger charge is -2.21. The molecular weight excluding hydrogens is 444 g/mol. The van der Waals surface area contributed by atoms with Crippen LogP contribution in [-0.2, 0) is 9.59 Å². The van der Waals surface area contributed by atoms with E-state index in [-0.39, 0.29) is 23.0 Å². The molecule has 0 unspecified atom stereocenters. The molecule has 6 nitrogen and oxygen atoms in total. The zero-order chi connectivity index (χ0) is 24.2. The van der Waals surface area contributed by atoms with E-state index < -0.39 is 11.9 Å². The topological polar surface area (TPSA) is 71.1 Å². The summed E-state index contributed by atoms with van der Waals surface area (Å²) in [5.41, 5.74) is 0. The maximum absolute atomic E-state index is 12.0. The fraction of sp³-hybridized carbons (Fsp3) is 0.538. The van der Waals surface area contributed by atoms with Crippen LogP contribution in [0.1, 0.15) is 79.1 Å². The first-order valence-electron chi connectivity index (χ1n) is 11.8. The van der Waals surface area contributed by atoms with Gasteiger partial charge in [0, 0.05) is 19.2 Å². The number of benzene rings is 2. The zero-order valence-corrected chi connectivity index (χ0v) is 20.9. The van der Waals surface area contributed by atoms with Gasteiger partial charge in [0.1, 0.15) is 0 Å². The second-order valence-corrected chi connectivity index (χ2v) is 8.39. The van der Waals surface area contributed by atoms with Crippen LogP contribution in [0.25, 0.3) is 10.8 Å². The smallest absolute Gasteiger partial charge is 0.308 e. The van der Waals surface area contributed by atoms with E-state index in [1.807, 2.05) is 0 Å². The van der Waals surface area contributed by atoms with Crippen LogP contribution in [0, 0.1) is 0 Å². The van der Waals surface area contributed by atoms with E-state index in [1.165, 1.54) is 13.8 Å². The van der Waals surface area contributed by atoms with Gasteiger partial charge >= 0.3 is 11.9 Å². The van der Waals surface area contributed by atoms with Gasteiger partial charge in [0.05, 0.1) is 23.6 Å². The third-order valence-electron chi connectivity index (χ3n) is 5.08. The number of carbonyl (C=O) groups excluding carboxylic acids is 2. The van der Waals surface area contributed by atoms with Crippen molar-refractivity contribution >= 4 is 34.3 Å². The second kappa shape index (κ2) is 13.9. The third-order valence-corrected chi connectivity index (χ3v) is 5.40. The average Bonchev–Trinajstić information content (AvgIpc) is 2.76. The van der Waals surface area contributed by atoms with Crippen molar-refractivity contribution in [3.63, 3.8) is 0 Å². The molecule has 0 heterocycles. The molecule has 182 valence electrons. The Bertz CT molecular complexity index is 940. The number of rotatable bonds is 14. The van der Waals surface area contributed by atoms with Gasteiger partial charge in [-0.25, -0.2) is 0 Å². The SMILES string of the molecule is CCCCCCOc1c(OCCCCCC)c(OC(C)=O)c2c(Cl)cccc2c1OC(C)=O. The summed E-state index contributed by atoms with van der Waals surface area (Å²) in [6.07, 6.45) is 8.10. The maximum Gasteiger partial charge on any atom is 0.308 e. The fourth-order valence-corrected chi connectivity index (χ4v) is 3.80. The Kier molecular flexibility index (Phi) is 11.3. The first-order valence-corrected chi connectivity index (χ1v) is 12.2. The predicted molar refractivity (Wildman–Crippen MR) is 131 cm³/mol.